The fraction of sp³-hybridized carbons (Fsp3) is 0.444. The molecule has 3 nitrogen and oxygen atoms in total. The number of rotatable bonds is 3. The minimum absolute atomic E-state index is 0.0195. The monoisotopic (exact) mass is 168 g/mol. The van der Waals surface area contributed by atoms with Gasteiger partial charge in [-0.3, -0.25) is 0 Å². The molecule has 1 heterocycles. The third-order valence-corrected chi connectivity index (χ3v) is 1.95. The molecule has 0 bridgehead atoms. The van der Waals surface area contributed by atoms with Crippen molar-refractivity contribution in [3.63, 3.8) is 0 Å². The maximum Gasteiger partial charge on any atom is 0.188 e. The summed E-state index contributed by atoms with van der Waals surface area (Å²) in [4.78, 5) is 0. The van der Waals surface area contributed by atoms with Crippen LogP contribution < -0.4 is 4.57 Å². The van der Waals surface area contributed by atoms with Crippen LogP contribution in [0.1, 0.15) is 11.6 Å². The molecular formula is C9H14NO2+. The summed E-state index contributed by atoms with van der Waals surface area (Å²) in [5.74, 6) is -0.170. The van der Waals surface area contributed by atoms with E-state index in [0.29, 0.717) is 0 Å². The number of aliphatic hydroxyl groups is 2. The van der Waals surface area contributed by atoms with Gasteiger partial charge >= 0.3 is 0 Å². The summed E-state index contributed by atoms with van der Waals surface area (Å²) in [6.07, 6.45) is 1.90. The van der Waals surface area contributed by atoms with E-state index in [4.69, 9.17) is 10.2 Å². The zero-order chi connectivity index (χ0) is 8.97. The number of hydrogen-bond donors (Lipinski definition) is 2. The fourth-order valence-corrected chi connectivity index (χ4v) is 1.21. The van der Waals surface area contributed by atoms with Crippen LogP contribution in [-0.4, -0.2) is 23.4 Å². The van der Waals surface area contributed by atoms with E-state index in [1.807, 2.05) is 36.0 Å². The first kappa shape index (κ1) is 9.16. The second-order valence-corrected chi connectivity index (χ2v) is 2.80. The van der Waals surface area contributed by atoms with Crippen LogP contribution in [-0.2, 0) is 7.05 Å². The topological polar surface area (TPSA) is 44.3 Å². The third-order valence-electron chi connectivity index (χ3n) is 1.95. The third kappa shape index (κ3) is 1.81. The average Bonchev–Trinajstić information content (AvgIpc) is 2.10. The highest BCUT2D eigenvalue weighted by molar-refractivity contribution is 5.03. The molecule has 0 fully saturated rings. The van der Waals surface area contributed by atoms with Crippen molar-refractivity contribution in [2.45, 2.75) is 5.92 Å². The highest BCUT2D eigenvalue weighted by atomic mass is 16.3. The number of aromatic nitrogens is 1. The first-order valence-electron chi connectivity index (χ1n) is 3.96. The number of aryl methyl sites for hydroxylation is 1. The molecule has 3 heteroatoms. The molecule has 12 heavy (non-hydrogen) atoms. The first-order chi connectivity index (χ1) is 5.79. The van der Waals surface area contributed by atoms with E-state index in [1.165, 1.54) is 0 Å². The summed E-state index contributed by atoms with van der Waals surface area (Å²) in [5, 5.41) is 17.9. The van der Waals surface area contributed by atoms with Gasteiger partial charge in [-0.15, -0.1) is 0 Å². The van der Waals surface area contributed by atoms with Crippen LogP contribution in [0.2, 0.25) is 0 Å². The quantitative estimate of drug-likeness (QED) is 0.602. The van der Waals surface area contributed by atoms with Crippen molar-refractivity contribution < 1.29 is 14.8 Å². The maximum absolute atomic E-state index is 8.93. The number of hydrogen-bond acceptors (Lipinski definition) is 2. The molecule has 0 saturated heterocycles. The van der Waals surface area contributed by atoms with Crippen LogP contribution in [0.3, 0.4) is 0 Å². The van der Waals surface area contributed by atoms with Gasteiger partial charge in [-0.25, -0.2) is 4.57 Å². The SMILES string of the molecule is C[n+]1ccccc1C(CO)CO. The van der Waals surface area contributed by atoms with E-state index in [-0.39, 0.29) is 19.1 Å². The summed E-state index contributed by atoms with van der Waals surface area (Å²) < 4.78 is 1.90. The van der Waals surface area contributed by atoms with E-state index in [2.05, 4.69) is 0 Å². The molecule has 0 spiro atoms. The van der Waals surface area contributed by atoms with Crippen LogP contribution in [0, 0.1) is 0 Å². The Kier molecular flexibility index (Phi) is 3.19. The largest absolute Gasteiger partial charge is 0.395 e. The van der Waals surface area contributed by atoms with E-state index in [9.17, 15) is 0 Å². The number of pyridine rings is 1. The van der Waals surface area contributed by atoms with Gasteiger partial charge in [0.2, 0.25) is 0 Å². The van der Waals surface area contributed by atoms with Gasteiger partial charge in [0, 0.05) is 12.1 Å². The van der Waals surface area contributed by atoms with Gasteiger partial charge in [0.05, 0.1) is 19.1 Å². The van der Waals surface area contributed by atoms with Crippen molar-refractivity contribution in [2.24, 2.45) is 7.05 Å². The Balaban J connectivity index is 2.92. The molecule has 0 aliphatic heterocycles. The Morgan fingerprint density at radius 2 is 2.00 bits per heavy atom. The number of nitrogens with zero attached hydrogens (tertiary/aromatic N) is 1. The molecule has 2 N–H and O–H groups in total. The second kappa shape index (κ2) is 4.18. The minimum atomic E-state index is -0.170. The van der Waals surface area contributed by atoms with E-state index in [0.717, 1.165) is 5.69 Å². The van der Waals surface area contributed by atoms with Crippen molar-refractivity contribution in [1.82, 2.24) is 0 Å². The Labute approximate surface area is 71.9 Å². The van der Waals surface area contributed by atoms with Crippen molar-refractivity contribution in [2.75, 3.05) is 13.2 Å². The molecule has 0 atom stereocenters. The van der Waals surface area contributed by atoms with Crippen LogP contribution in [0.4, 0.5) is 0 Å². The molecule has 0 saturated carbocycles. The molecule has 0 amide bonds. The Morgan fingerprint density at radius 1 is 1.33 bits per heavy atom. The Morgan fingerprint density at radius 3 is 2.50 bits per heavy atom. The summed E-state index contributed by atoms with van der Waals surface area (Å²) in [6.45, 7) is -0.0390. The predicted octanol–water partition coefficient (Wildman–Crippen LogP) is -0.421. The molecule has 0 aromatic carbocycles. The van der Waals surface area contributed by atoms with Crippen molar-refractivity contribution in [3.05, 3.63) is 30.1 Å². The fourth-order valence-electron chi connectivity index (χ4n) is 1.21. The molecule has 0 unspecified atom stereocenters. The lowest BCUT2D eigenvalue weighted by Gasteiger charge is -2.07. The summed E-state index contributed by atoms with van der Waals surface area (Å²) in [7, 11) is 1.90. The molecule has 0 radical (unpaired) electrons. The van der Waals surface area contributed by atoms with Crippen LogP contribution in [0.5, 0.6) is 0 Å². The molecule has 1 aromatic rings. The van der Waals surface area contributed by atoms with Crippen molar-refractivity contribution in [3.8, 4) is 0 Å². The lowest BCUT2D eigenvalue weighted by atomic mass is 10.1. The smallest absolute Gasteiger partial charge is 0.188 e. The van der Waals surface area contributed by atoms with E-state index < -0.39 is 0 Å². The van der Waals surface area contributed by atoms with Gasteiger partial charge < -0.3 is 10.2 Å². The first-order valence-corrected chi connectivity index (χ1v) is 3.96. The molecular weight excluding hydrogens is 154 g/mol. The lowest BCUT2D eigenvalue weighted by molar-refractivity contribution is -0.680. The van der Waals surface area contributed by atoms with Crippen molar-refractivity contribution in [1.29, 1.82) is 0 Å². The average molecular weight is 168 g/mol. The Hall–Kier alpha value is -0.930. The van der Waals surface area contributed by atoms with Crippen LogP contribution in [0.15, 0.2) is 24.4 Å². The van der Waals surface area contributed by atoms with Gasteiger partial charge in [0.1, 0.15) is 7.05 Å². The Bertz CT molecular complexity index is 246. The molecule has 0 aliphatic rings. The van der Waals surface area contributed by atoms with Crippen LogP contribution >= 0.6 is 0 Å². The van der Waals surface area contributed by atoms with E-state index in [1.54, 1.807) is 0 Å². The summed E-state index contributed by atoms with van der Waals surface area (Å²) in [6, 6.07) is 5.71. The van der Waals surface area contributed by atoms with Crippen molar-refractivity contribution >= 4 is 0 Å². The summed E-state index contributed by atoms with van der Waals surface area (Å²) >= 11 is 0. The summed E-state index contributed by atoms with van der Waals surface area (Å²) in [5.41, 5.74) is 0.947. The molecule has 66 valence electrons. The zero-order valence-corrected chi connectivity index (χ0v) is 7.14. The normalized spacial score (nSPS) is 10.7. The lowest BCUT2D eigenvalue weighted by Crippen LogP contribution is -2.36. The zero-order valence-electron chi connectivity index (χ0n) is 7.14. The highest BCUT2D eigenvalue weighted by Crippen LogP contribution is 2.08. The van der Waals surface area contributed by atoms with Crippen LogP contribution in [0.25, 0.3) is 0 Å². The maximum atomic E-state index is 8.93. The highest BCUT2D eigenvalue weighted by Gasteiger charge is 2.17. The minimum Gasteiger partial charge on any atom is -0.395 e. The van der Waals surface area contributed by atoms with Gasteiger partial charge in [0.25, 0.3) is 0 Å². The van der Waals surface area contributed by atoms with Gasteiger partial charge in [0.15, 0.2) is 11.9 Å². The van der Waals surface area contributed by atoms with Gasteiger partial charge in [-0.05, 0) is 0 Å². The molecule has 1 rings (SSSR count). The van der Waals surface area contributed by atoms with Gasteiger partial charge in [-0.1, -0.05) is 6.07 Å². The second-order valence-electron chi connectivity index (χ2n) is 2.80. The van der Waals surface area contributed by atoms with Gasteiger partial charge in [-0.2, -0.15) is 0 Å². The molecule has 0 aliphatic carbocycles. The standard InChI is InChI=1S/C9H14NO2/c1-10-5-3-2-4-9(10)8(6-11)7-12/h2-5,8,11-12H,6-7H2,1H3/q+1. The number of aliphatic hydroxyl groups excluding tert-OH is 2. The predicted molar refractivity (Wildman–Crippen MR) is 44.5 cm³/mol. The molecule has 1 aromatic heterocycles. The van der Waals surface area contributed by atoms with E-state index >= 15 is 0 Å².